The van der Waals surface area contributed by atoms with Crippen LogP contribution in [0.3, 0.4) is 0 Å². The van der Waals surface area contributed by atoms with Gasteiger partial charge in [0.25, 0.3) is 0 Å². The van der Waals surface area contributed by atoms with E-state index in [2.05, 4.69) is 35.6 Å². The van der Waals surface area contributed by atoms with E-state index >= 15 is 0 Å². The molecule has 1 heterocycles. The molecule has 0 amide bonds. The third-order valence-electron chi connectivity index (χ3n) is 4.28. The summed E-state index contributed by atoms with van der Waals surface area (Å²) in [6, 6.07) is 3.03. The fourth-order valence-corrected chi connectivity index (χ4v) is 3.66. The van der Waals surface area contributed by atoms with Crippen LogP contribution in [0.5, 0.6) is 0 Å². The van der Waals surface area contributed by atoms with Crippen molar-refractivity contribution in [3.05, 3.63) is 22.4 Å². The van der Waals surface area contributed by atoms with Gasteiger partial charge in [-0.2, -0.15) is 11.3 Å². The Morgan fingerprint density at radius 2 is 2.22 bits per heavy atom. The van der Waals surface area contributed by atoms with Gasteiger partial charge in [0.05, 0.1) is 0 Å². The highest BCUT2D eigenvalue weighted by molar-refractivity contribution is 7.07. The zero-order chi connectivity index (χ0) is 13.0. The number of thiophene rings is 1. The zero-order valence-electron chi connectivity index (χ0n) is 11.7. The lowest BCUT2D eigenvalue weighted by atomic mass is 9.88. The van der Waals surface area contributed by atoms with Gasteiger partial charge < -0.3 is 5.73 Å². The van der Waals surface area contributed by atoms with Crippen LogP contribution in [0.4, 0.5) is 0 Å². The Morgan fingerprint density at radius 1 is 1.44 bits per heavy atom. The minimum absolute atomic E-state index is 0.220. The van der Waals surface area contributed by atoms with E-state index in [9.17, 15) is 0 Å². The van der Waals surface area contributed by atoms with Crippen LogP contribution in [0.2, 0.25) is 0 Å². The number of nitrogens with zero attached hydrogens (tertiary/aromatic N) is 1. The van der Waals surface area contributed by atoms with E-state index in [4.69, 9.17) is 5.73 Å². The van der Waals surface area contributed by atoms with Crippen LogP contribution in [0.1, 0.15) is 51.5 Å². The van der Waals surface area contributed by atoms with Gasteiger partial charge in [-0.1, -0.05) is 20.3 Å². The van der Waals surface area contributed by atoms with Gasteiger partial charge in [0.15, 0.2) is 0 Å². The second kappa shape index (κ2) is 6.18. The monoisotopic (exact) mass is 266 g/mol. The number of rotatable bonds is 8. The van der Waals surface area contributed by atoms with E-state index in [1.165, 1.54) is 31.2 Å². The largest absolute Gasteiger partial charge is 0.329 e. The van der Waals surface area contributed by atoms with Crippen molar-refractivity contribution in [3.8, 4) is 0 Å². The molecule has 0 aliphatic heterocycles. The Kier molecular flexibility index (Phi) is 4.82. The average Bonchev–Trinajstić information content (AvgIpc) is 3.11. The normalized spacial score (nSPS) is 19.1. The van der Waals surface area contributed by atoms with Crippen LogP contribution >= 0.6 is 11.3 Å². The summed E-state index contributed by atoms with van der Waals surface area (Å²) < 4.78 is 0. The van der Waals surface area contributed by atoms with Crippen molar-refractivity contribution in [2.75, 3.05) is 6.54 Å². The maximum atomic E-state index is 6.16. The van der Waals surface area contributed by atoms with Gasteiger partial charge in [0.2, 0.25) is 0 Å². The summed E-state index contributed by atoms with van der Waals surface area (Å²) in [5.41, 5.74) is 7.83. The van der Waals surface area contributed by atoms with Gasteiger partial charge in [0.1, 0.15) is 0 Å². The van der Waals surface area contributed by atoms with Gasteiger partial charge in [-0.05, 0) is 48.1 Å². The van der Waals surface area contributed by atoms with Crippen molar-refractivity contribution in [2.24, 2.45) is 5.73 Å². The standard InChI is InChI=1S/C15H26N2S/c1-3-8-15(4-2,12-16)17(14-5-6-14)10-13-7-9-18-11-13/h7,9,11,14H,3-6,8,10,12,16H2,1-2H3. The molecule has 1 fully saturated rings. The first kappa shape index (κ1) is 14.0. The summed E-state index contributed by atoms with van der Waals surface area (Å²) in [5.74, 6) is 0. The van der Waals surface area contributed by atoms with E-state index in [-0.39, 0.29) is 5.54 Å². The molecule has 1 unspecified atom stereocenters. The second-order valence-corrected chi connectivity index (χ2v) is 6.30. The Bertz CT molecular complexity index is 339. The lowest BCUT2D eigenvalue weighted by Crippen LogP contribution is -2.54. The van der Waals surface area contributed by atoms with Crippen molar-refractivity contribution < 1.29 is 0 Å². The Hall–Kier alpha value is -0.380. The molecule has 2 rings (SSSR count). The lowest BCUT2D eigenvalue weighted by Gasteiger charge is -2.43. The molecule has 1 aromatic heterocycles. The molecular weight excluding hydrogens is 240 g/mol. The third kappa shape index (κ3) is 2.95. The molecule has 0 bridgehead atoms. The van der Waals surface area contributed by atoms with Crippen molar-refractivity contribution >= 4 is 11.3 Å². The van der Waals surface area contributed by atoms with E-state index in [0.29, 0.717) is 0 Å². The molecule has 0 aromatic carbocycles. The predicted octanol–water partition coefficient (Wildman–Crippen LogP) is 3.62. The highest BCUT2D eigenvalue weighted by atomic mass is 32.1. The van der Waals surface area contributed by atoms with Crippen molar-refractivity contribution in [3.63, 3.8) is 0 Å². The summed E-state index contributed by atoms with van der Waals surface area (Å²) in [5, 5.41) is 4.45. The molecular formula is C15H26N2S. The first-order chi connectivity index (χ1) is 8.75. The second-order valence-electron chi connectivity index (χ2n) is 5.52. The molecule has 0 radical (unpaired) electrons. The van der Waals surface area contributed by atoms with Gasteiger partial charge in [-0.15, -0.1) is 0 Å². The average molecular weight is 266 g/mol. The molecule has 18 heavy (non-hydrogen) atoms. The van der Waals surface area contributed by atoms with E-state index in [1.807, 2.05) is 0 Å². The Balaban J connectivity index is 2.16. The molecule has 1 aliphatic rings. The van der Waals surface area contributed by atoms with Gasteiger partial charge in [-0.25, -0.2) is 0 Å². The van der Waals surface area contributed by atoms with Gasteiger partial charge >= 0.3 is 0 Å². The number of hydrogen-bond donors (Lipinski definition) is 1. The smallest absolute Gasteiger partial charge is 0.0335 e. The summed E-state index contributed by atoms with van der Waals surface area (Å²) in [6.45, 7) is 6.44. The lowest BCUT2D eigenvalue weighted by molar-refractivity contribution is 0.0629. The molecule has 1 aromatic rings. The van der Waals surface area contributed by atoms with Gasteiger partial charge in [0, 0.05) is 24.7 Å². The Morgan fingerprint density at radius 3 is 2.67 bits per heavy atom. The minimum Gasteiger partial charge on any atom is -0.329 e. The molecule has 0 saturated heterocycles. The van der Waals surface area contributed by atoms with Crippen LogP contribution in [-0.2, 0) is 6.54 Å². The number of hydrogen-bond acceptors (Lipinski definition) is 3. The predicted molar refractivity (Wildman–Crippen MR) is 79.9 cm³/mol. The molecule has 102 valence electrons. The maximum Gasteiger partial charge on any atom is 0.0335 e. The first-order valence-corrected chi connectivity index (χ1v) is 8.18. The van der Waals surface area contributed by atoms with E-state index in [0.717, 1.165) is 25.6 Å². The topological polar surface area (TPSA) is 29.3 Å². The van der Waals surface area contributed by atoms with Crippen LogP contribution in [0.25, 0.3) is 0 Å². The highest BCUT2D eigenvalue weighted by Crippen LogP contribution is 2.38. The molecule has 2 N–H and O–H groups in total. The molecule has 0 spiro atoms. The molecule has 1 aliphatic carbocycles. The summed E-state index contributed by atoms with van der Waals surface area (Å²) in [4.78, 5) is 2.71. The van der Waals surface area contributed by atoms with Gasteiger partial charge in [-0.3, -0.25) is 4.90 Å². The van der Waals surface area contributed by atoms with Crippen LogP contribution < -0.4 is 5.73 Å². The molecule has 1 atom stereocenters. The van der Waals surface area contributed by atoms with Crippen LogP contribution in [0.15, 0.2) is 16.8 Å². The fraction of sp³-hybridized carbons (Fsp3) is 0.733. The summed E-state index contributed by atoms with van der Waals surface area (Å²) >= 11 is 1.79. The molecule has 3 heteroatoms. The van der Waals surface area contributed by atoms with E-state index < -0.39 is 0 Å². The molecule has 2 nitrogen and oxygen atoms in total. The van der Waals surface area contributed by atoms with Crippen LogP contribution in [0, 0.1) is 0 Å². The van der Waals surface area contributed by atoms with Crippen LogP contribution in [-0.4, -0.2) is 23.0 Å². The highest BCUT2D eigenvalue weighted by Gasteiger charge is 2.41. The number of nitrogens with two attached hydrogens (primary N) is 1. The maximum absolute atomic E-state index is 6.16. The SMILES string of the molecule is CCCC(CC)(CN)N(Cc1ccsc1)C1CC1. The van der Waals surface area contributed by atoms with Crippen molar-refractivity contribution in [2.45, 2.75) is 64.1 Å². The van der Waals surface area contributed by atoms with Crippen molar-refractivity contribution in [1.29, 1.82) is 0 Å². The first-order valence-electron chi connectivity index (χ1n) is 7.23. The Labute approximate surface area is 115 Å². The molecule has 1 saturated carbocycles. The van der Waals surface area contributed by atoms with Crippen molar-refractivity contribution in [1.82, 2.24) is 4.90 Å². The fourth-order valence-electron chi connectivity index (χ4n) is 3.00. The summed E-state index contributed by atoms with van der Waals surface area (Å²) in [6.07, 6.45) is 6.32. The quantitative estimate of drug-likeness (QED) is 0.778. The zero-order valence-corrected chi connectivity index (χ0v) is 12.5. The third-order valence-corrected chi connectivity index (χ3v) is 5.02. The minimum atomic E-state index is 0.220. The summed E-state index contributed by atoms with van der Waals surface area (Å²) in [7, 11) is 0. The van der Waals surface area contributed by atoms with E-state index in [1.54, 1.807) is 11.3 Å².